The van der Waals surface area contributed by atoms with Gasteiger partial charge >= 0.3 is 12.1 Å². The van der Waals surface area contributed by atoms with Gasteiger partial charge in [-0.1, -0.05) is 31.6 Å². The van der Waals surface area contributed by atoms with E-state index in [4.69, 9.17) is 0 Å². The minimum absolute atomic E-state index is 0.237. The number of anilines is 1. The van der Waals surface area contributed by atoms with Crippen molar-refractivity contribution in [2.24, 2.45) is 5.92 Å². The lowest BCUT2D eigenvalue weighted by molar-refractivity contribution is -0.173. The third kappa shape index (κ3) is 6.54. The summed E-state index contributed by atoms with van der Waals surface area (Å²) in [7, 11) is 0. The summed E-state index contributed by atoms with van der Waals surface area (Å²) in [4.78, 5) is 22.5. The van der Waals surface area contributed by atoms with Crippen LogP contribution in [0.3, 0.4) is 0 Å². The minimum Gasteiger partial charge on any atom is -0.344 e. The fraction of sp³-hybridized carbons (Fsp3) is 0.375. The third-order valence-corrected chi connectivity index (χ3v) is 3.20. The van der Waals surface area contributed by atoms with Gasteiger partial charge in [-0.2, -0.15) is 13.2 Å². The van der Waals surface area contributed by atoms with Crippen LogP contribution in [-0.4, -0.2) is 18.0 Å². The average Bonchev–Trinajstić information content (AvgIpc) is 2.44. The van der Waals surface area contributed by atoms with Gasteiger partial charge in [0, 0.05) is 18.3 Å². The molecule has 0 aliphatic rings. The largest absolute Gasteiger partial charge is 0.471 e. The van der Waals surface area contributed by atoms with Crippen LogP contribution in [0.4, 0.5) is 18.9 Å². The molecule has 0 saturated carbocycles. The number of nitrogens with one attached hydrogen (secondary N) is 2. The topological polar surface area (TPSA) is 58.2 Å². The van der Waals surface area contributed by atoms with Crippen LogP contribution >= 0.6 is 0 Å². The van der Waals surface area contributed by atoms with Crippen molar-refractivity contribution >= 4 is 17.5 Å². The van der Waals surface area contributed by atoms with E-state index in [9.17, 15) is 22.8 Å². The molecule has 2 N–H and O–H groups in total. The maximum atomic E-state index is 12.1. The summed E-state index contributed by atoms with van der Waals surface area (Å²) in [5.41, 5.74) is 1.96. The zero-order valence-corrected chi connectivity index (χ0v) is 13.1. The first kappa shape index (κ1) is 18.7. The second kappa shape index (κ2) is 7.80. The first-order chi connectivity index (χ1) is 10.6. The summed E-state index contributed by atoms with van der Waals surface area (Å²) in [6.45, 7) is 5.57. The zero-order valence-electron chi connectivity index (χ0n) is 13.1. The number of halogens is 3. The molecule has 7 heteroatoms. The number of carbonyl (C=O) groups is 2. The Labute approximate surface area is 132 Å². The Hall–Kier alpha value is -2.31. The highest BCUT2D eigenvalue weighted by molar-refractivity contribution is 5.99. The molecule has 1 rings (SSSR count). The van der Waals surface area contributed by atoms with E-state index >= 15 is 0 Å². The van der Waals surface area contributed by atoms with Crippen molar-refractivity contribution in [1.29, 1.82) is 0 Å². The Balaban J connectivity index is 2.59. The summed E-state index contributed by atoms with van der Waals surface area (Å²) in [5.74, 6) is -1.99. The molecule has 4 nitrogen and oxygen atoms in total. The van der Waals surface area contributed by atoms with Crippen molar-refractivity contribution < 1.29 is 22.8 Å². The number of hydrogen-bond acceptors (Lipinski definition) is 2. The van der Waals surface area contributed by atoms with E-state index in [1.54, 1.807) is 17.4 Å². The summed E-state index contributed by atoms with van der Waals surface area (Å²) in [5, 5.41) is 4.44. The molecular formula is C16H19F3N2O2. The quantitative estimate of drug-likeness (QED) is 0.814. The third-order valence-electron chi connectivity index (χ3n) is 3.20. The highest BCUT2D eigenvalue weighted by atomic mass is 19.4. The van der Waals surface area contributed by atoms with Crippen LogP contribution in [0.25, 0.3) is 0 Å². The molecular weight excluding hydrogens is 309 g/mol. The van der Waals surface area contributed by atoms with E-state index in [-0.39, 0.29) is 18.4 Å². The van der Waals surface area contributed by atoms with Crippen LogP contribution in [-0.2, 0) is 16.1 Å². The van der Waals surface area contributed by atoms with Gasteiger partial charge in [0.25, 0.3) is 0 Å². The van der Waals surface area contributed by atoms with Crippen LogP contribution in [0, 0.1) is 5.92 Å². The lowest BCUT2D eigenvalue weighted by atomic mass is 10.1. The molecule has 126 valence electrons. The molecule has 2 amide bonds. The van der Waals surface area contributed by atoms with Gasteiger partial charge in [-0.3, -0.25) is 9.59 Å². The Morgan fingerprint density at radius 3 is 2.22 bits per heavy atom. The van der Waals surface area contributed by atoms with Crippen LogP contribution in [0.15, 0.2) is 35.9 Å². The molecule has 0 unspecified atom stereocenters. The molecule has 0 aliphatic heterocycles. The Bertz CT molecular complexity index is 590. The van der Waals surface area contributed by atoms with E-state index in [2.05, 4.69) is 5.32 Å². The van der Waals surface area contributed by atoms with Crippen molar-refractivity contribution in [2.75, 3.05) is 5.32 Å². The molecule has 0 radical (unpaired) electrons. The van der Waals surface area contributed by atoms with Gasteiger partial charge in [0.15, 0.2) is 0 Å². The van der Waals surface area contributed by atoms with E-state index < -0.39 is 12.1 Å². The van der Waals surface area contributed by atoms with Crippen molar-refractivity contribution in [3.05, 3.63) is 41.5 Å². The summed E-state index contributed by atoms with van der Waals surface area (Å²) >= 11 is 0. The highest BCUT2D eigenvalue weighted by Crippen LogP contribution is 2.15. The van der Waals surface area contributed by atoms with Gasteiger partial charge in [-0.05, 0) is 30.5 Å². The smallest absolute Gasteiger partial charge is 0.344 e. The van der Waals surface area contributed by atoms with Crippen LogP contribution in [0.1, 0.15) is 26.3 Å². The van der Waals surface area contributed by atoms with Crippen molar-refractivity contribution in [1.82, 2.24) is 5.32 Å². The molecule has 1 aromatic carbocycles. The number of rotatable bonds is 5. The van der Waals surface area contributed by atoms with Gasteiger partial charge in [0.2, 0.25) is 5.91 Å². The highest BCUT2D eigenvalue weighted by Gasteiger charge is 2.38. The van der Waals surface area contributed by atoms with Crippen molar-refractivity contribution in [3.63, 3.8) is 0 Å². The number of amides is 2. The second-order valence-corrected chi connectivity index (χ2v) is 5.41. The number of hydrogen-bond donors (Lipinski definition) is 2. The number of carbonyl (C=O) groups excluding carboxylic acids is 2. The van der Waals surface area contributed by atoms with Gasteiger partial charge in [0.05, 0.1) is 0 Å². The van der Waals surface area contributed by atoms with Crippen molar-refractivity contribution in [2.45, 2.75) is 33.5 Å². The zero-order chi connectivity index (χ0) is 17.6. The molecule has 0 saturated heterocycles. The standard InChI is InChI=1S/C16H19F3N2O2/c1-10(2)11(3)8-14(22)21-13-6-4-12(5-7-13)9-20-15(23)16(17,18)19/h4-8,10H,9H2,1-3H3,(H,20,23)(H,21,22)/b11-8+. The van der Waals surface area contributed by atoms with Gasteiger partial charge in [0.1, 0.15) is 0 Å². The Morgan fingerprint density at radius 2 is 1.74 bits per heavy atom. The molecule has 0 bridgehead atoms. The number of alkyl halides is 3. The summed E-state index contributed by atoms with van der Waals surface area (Å²) < 4.78 is 36.2. The van der Waals surface area contributed by atoms with E-state index in [0.717, 1.165) is 5.57 Å². The monoisotopic (exact) mass is 328 g/mol. The fourth-order valence-electron chi connectivity index (χ4n) is 1.54. The van der Waals surface area contributed by atoms with Crippen LogP contribution in [0.2, 0.25) is 0 Å². The lowest BCUT2D eigenvalue weighted by Gasteiger charge is -2.09. The molecule has 0 atom stereocenters. The number of benzene rings is 1. The van der Waals surface area contributed by atoms with E-state index in [0.29, 0.717) is 11.3 Å². The van der Waals surface area contributed by atoms with E-state index in [1.165, 1.54) is 18.2 Å². The van der Waals surface area contributed by atoms with Crippen molar-refractivity contribution in [3.8, 4) is 0 Å². The summed E-state index contributed by atoms with van der Waals surface area (Å²) in [6, 6.07) is 6.19. The second-order valence-electron chi connectivity index (χ2n) is 5.41. The Morgan fingerprint density at radius 1 is 1.17 bits per heavy atom. The van der Waals surface area contributed by atoms with Gasteiger partial charge in [-0.25, -0.2) is 0 Å². The molecule has 0 aliphatic carbocycles. The van der Waals surface area contributed by atoms with E-state index in [1.807, 2.05) is 20.8 Å². The number of allylic oxidation sites excluding steroid dienone is 1. The molecule has 1 aromatic rings. The molecule has 0 fully saturated rings. The predicted octanol–water partition coefficient (Wildman–Crippen LogP) is 3.41. The summed E-state index contributed by atoms with van der Waals surface area (Å²) in [6.07, 6.45) is -3.39. The predicted molar refractivity (Wildman–Crippen MR) is 81.6 cm³/mol. The first-order valence-corrected chi connectivity index (χ1v) is 7.02. The maximum absolute atomic E-state index is 12.1. The van der Waals surface area contributed by atoms with Crippen LogP contribution in [0.5, 0.6) is 0 Å². The molecule has 23 heavy (non-hydrogen) atoms. The first-order valence-electron chi connectivity index (χ1n) is 7.02. The average molecular weight is 328 g/mol. The van der Waals surface area contributed by atoms with Gasteiger partial charge in [-0.15, -0.1) is 0 Å². The van der Waals surface area contributed by atoms with Crippen LogP contribution < -0.4 is 10.6 Å². The fourth-order valence-corrected chi connectivity index (χ4v) is 1.54. The maximum Gasteiger partial charge on any atom is 0.471 e. The molecule has 0 heterocycles. The molecule has 0 spiro atoms. The Kier molecular flexibility index (Phi) is 6.36. The SMILES string of the molecule is C/C(=C\C(=O)Nc1ccc(CNC(=O)C(F)(F)F)cc1)C(C)C. The minimum atomic E-state index is -4.89. The normalized spacial score (nSPS) is 12.2. The molecule has 0 aromatic heterocycles. The lowest BCUT2D eigenvalue weighted by Crippen LogP contribution is -2.36. The van der Waals surface area contributed by atoms with Gasteiger partial charge < -0.3 is 10.6 Å².